The molecule has 71 heavy (non-hydrogen) atoms. The van der Waals surface area contributed by atoms with Crippen molar-refractivity contribution in [2.75, 3.05) is 9.80 Å². The van der Waals surface area contributed by atoms with Crippen LogP contribution in [-0.2, 0) is 5.41 Å². The predicted octanol–water partition coefficient (Wildman–Crippen LogP) is 19.3. The second kappa shape index (κ2) is 18.5. The average molecular weight is 909 g/mol. The fourth-order valence-electron chi connectivity index (χ4n) is 10.7. The molecule has 2 heteroatoms. The van der Waals surface area contributed by atoms with Gasteiger partial charge in [-0.15, -0.1) is 0 Å². The summed E-state index contributed by atoms with van der Waals surface area (Å²) in [6.07, 6.45) is 0. The molecule has 0 bridgehead atoms. The standard InChI is InChI=1S/C69H52N2/c1-69(2)67-31-19-18-30-61(67)62-45-44-60(46-68(62)69)71(56-28-16-7-17-29-56)59-42-36-54(37-43-59)66-48-63(51-22-10-4-11-23-51)65(47-64(66)52-24-12-5-13-25-52)53-34-40-58(41-35-53)70(55-26-14-6-15-27-55)57-38-32-50(33-39-57)49-20-8-3-9-21-49/h3-48H,1-2H3. The monoisotopic (exact) mass is 908 g/mol. The fraction of sp³-hybridized carbons (Fsp3) is 0.0435. The number of fused-ring (bicyclic) bond motifs is 3. The van der Waals surface area contributed by atoms with Crippen LogP contribution >= 0.6 is 0 Å². The minimum atomic E-state index is -0.106. The van der Waals surface area contributed by atoms with Crippen LogP contribution in [0.1, 0.15) is 25.0 Å². The van der Waals surface area contributed by atoms with E-state index < -0.39 is 0 Å². The van der Waals surface area contributed by atoms with Crippen LogP contribution in [0.4, 0.5) is 34.1 Å². The van der Waals surface area contributed by atoms with E-state index in [9.17, 15) is 0 Å². The summed E-state index contributed by atoms with van der Waals surface area (Å²) in [5.41, 5.74) is 23.7. The Morgan fingerprint density at radius 1 is 0.211 bits per heavy atom. The Morgan fingerprint density at radius 2 is 0.507 bits per heavy atom. The number of hydrogen-bond donors (Lipinski definition) is 0. The van der Waals surface area contributed by atoms with Crippen molar-refractivity contribution in [3.8, 4) is 66.8 Å². The van der Waals surface area contributed by atoms with Crippen LogP contribution < -0.4 is 9.80 Å². The second-order valence-electron chi connectivity index (χ2n) is 18.9. The lowest BCUT2D eigenvalue weighted by atomic mass is 9.82. The Hall–Kier alpha value is -8.98. The van der Waals surface area contributed by atoms with Crippen LogP contribution in [-0.4, -0.2) is 0 Å². The summed E-state index contributed by atoms with van der Waals surface area (Å²) in [4.78, 5) is 4.73. The largest absolute Gasteiger partial charge is 0.311 e. The van der Waals surface area contributed by atoms with Gasteiger partial charge in [-0.3, -0.25) is 0 Å². The minimum absolute atomic E-state index is 0.106. The molecule has 1 aliphatic carbocycles. The van der Waals surface area contributed by atoms with Crippen molar-refractivity contribution in [3.63, 3.8) is 0 Å². The summed E-state index contributed by atoms with van der Waals surface area (Å²) >= 11 is 0. The zero-order valence-corrected chi connectivity index (χ0v) is 40.0. The van der Waals surface area contributed by atoms with E-state index in [0.717, 1.165) is 45.3 Å². The molecule has 0 radical (unpaired) electrons. The smallest absolute Gasteiger partial charge is 0.0465 e. The number of hydrogen-bond acceptors (Lipinski definition) is 2. The molecule has 0 aromatic heterocycles. The highest BCUT2D eigenvalue weighted by atomic mass is 15.1. The van der Waals surface area contributed by atoms with Gasteiger partial charge in [-0.05, 0) is 163 Å². The van der Waals surface area contributed by atoms with Crippen LogP contribution in [0, 0.1) is 0 Å². The quantitative estimate of drug-likeness (QED) is 0.128. The highest BCUT2D eigenvalue weighted by molar-refractivity contribution is 5.96. The zero-order chi connectivity index (χ0) is 47.7. The molecule has 338 valence electrons. The van der Waals surface area contributed by atoms with Crippen molar-refractivity contribution in [3.05, 3.63) is 290 Å². The van der Waals surface area contributed by atoms with Gasteiger partial charge in [0.1, 0.15) is 0 Å². The van der Waals surface area contributed by atoms with E-state index in [2.05, 4.69) is 303 Å². The van der Waals surface area contributed by atoms with Crippen molar-refractivity contribution in [1.82, 2.24) is 0 Å². The lowest BCUT2D eigenvalue weighted by Crippen LogP contribution is -2.16. The first-order valence-electron chi connectivity index (χ1n) is 24.6. The predicted molar refractivity (Wildman–Crippen MR) is 301 cm³/mol. The number of benzene rings is 11. The van der Waals surface area contributed by atoms with Crippen molar-refractivity contribution < 1.29 is 0 Å². The molecule has 0 saturated carbocycles. The van der Waals surface area contributed by atoms with Crippen molar-refractivity contribution in [2.24, 2.45) is 0 Å². The first kappa shape index (κ1) is 43.3. The van der Waals surface area contributed by atoms with Crippen LogP contribution in [0.3, 0.4) is 0 Å². The normalized spacial score (nSPS) is 12.2. The lowest BCUT2D eigenvalue weighted by molar-refractivity contribution is 0.660. The number of anilines is 6. The maximum atomic E-state index is 2.41. The fourth-order valence-corrected chi connectivity index (χ4v) is 10.7. The molecule has 0 atom stereocenters. The Bertz CT molecular complexity index is 3610. The molecule has 0 heterocycles. The second-order valence-corrected chi connectivity index (χ2v) is 18.9. The Balaban J connectivity index is 0.951. The van der Waals surface area contributed by atoms with Crippen LogP contribution in [0.15, 0.2) is 279 Å². The van der Waals surface area contributed by atoms with Gasteiger partial charge in [0.05, 0.1) is 0 Å². The van der Waals surface area contributed by atoms with E-state index >= 15 is 0 Å². The summed E-state index contributed by atoms with van der Waals surface area (Å²) in [6, 6.07) is 101. The Kier molecular flexibility index (Phi) is 11.3. The van der Waals surface area contributed by atoms with E-state index in [1.54, 1.807) is 0 Å². The van der Waals surface area contributed by atoms with E-state index in [0.29, 0.717) is 0 Å². The highest BCUT2D eigenvalue weighted by Gasteiger charge is 2.35. The Morgan fingerprint density at radius 3 is 0.958 bits per heavy atom. The number of para-hydroxylation sites is 2. The summed E-state index contributed by atoms with van der Waals surface area (Å²) in [6.45, 7) is 4.70. The van der Waals surface area contributed by atoms with E-state index in [1.807, 2.05) is 0 Å². The summed E-state index contributed by atoms with van der Waals surface area (Å²) in [5, 5.41) is 0. The number of rotatable bonds is 11. The molecule has 11 aromatic rings. The molecule has 2 nitrogen and oxygen atoms in total. The van der Waals surface area contributed by atoms with E-state index in [4.69, 9.17) is 0 Å². The van der Waals surface area contributed by atoms with Gasteiger partial charge < -0.3 is 9.80 Å². The van der Waals surface area contributed by atoms with E-state index in [-0.39, 0.29) is 5.41 Å². The van der Waals surface area contributed by atoms with Gasteiger partial charge in [0.25, 0.3) is 0 Å². The van der Waals surface area contributed by atoms with Gasteiger partial charge in [-0.1, -0.05) is 208 Å². The SMILES string of the molecule is CC1(C)c2ccccc2-c2ccc(N(c3ccccc3)c3ccc(-c4cc(-c5ccccc5)c(-c5ccc(N(c6ccccc6)c6ccc(-c7ccccc7)cc6)cc5)cc4-c4ccccc4)cc3)cc21. The molecule has 12 rings (SSSR count). The first-order valence-corrected chi connectivity index (χ1v) is 24.6. The van der Waals surface area contributed by atoms with Gasteiger partial charge in [0.2, 0.25) is 0 Å². The summed E-state index contributed by atoms with van der Waals surface area (Å²) < 4.78 is 0. The van der Waals surface area contributed by atoms with E-state index in [1.165, 1.54) is 66.8 Å². The van der Waals surface area contributed by atoms with Gasteiger partial charge in [0, 0.05) is 39.5 Å². The lowest BCUT2D eigenvalue weighted by Gasteiger charge is -2.28. The van der Waals surface area contributed by atoms with Crippen molar-refractivity contribution in [2.45, 2.75) is 19.3 Å². The third-order valence-corrected chi connectivity index (χ3v) is 14.3. The summed E-state index contributed by atoms with van der Waals surface area (Å²) in [5.74, 6) is 0. The number of nitrogens with zero attached hydrogens (tertiary/aromatic N) is 2. The highest BCUT2D eigenvalue weighted by Crippen LogP contribution is 2.51. The molecule has 0 unspecified atom stereocenters. The molecule has 0 spiro atoms. The van der Waals surface area contributed by atoms with Crippen LogP contribution in [0.25, 0.3) is 66.8 Å². The van der Waals surface area contributed by atoms with Gasteiger partial charge >= 0.3 is 0 Å². The maximum Gasteiger partial charge on any atom is 0.0465 e. The van der Waals surface area contributed by atoms with Gasteiger partial charge in [-0.2, -0.15) is 0 Å². The molecular weight excluding hydrogens is 857 g/mol. The molecule has 0 amide bonds. The maximum absolute atomic E-state index is 2.41. The summed E-state index contributed by atoms with van der Waals surface area (Å²) in [7, 11) is 0. The first-order chi connectivity index (χ1) is 35.0. The third kappa shape index (κ3) is 8.20. The zero-order valence-electron chi connectivity index (χ0n) is 40.0. The molecular formula is C69H52N2. The molecule has 0 aliphatic heterocycles. The molecule has 1 aliphatic rings. The molecule has 0 N–H and O–H groups in total. The van der Waals surface area contributed by atoms with Crippen LogP contribution in [0.2, 0.25) is 0 Å². The minimum Gasteiger partial charge on any atom is -0.311 e. The van der Waals surface area contributed by atoms with Crippen molar-refractivity contribution in [1.29, 1.82) is 0 Å². The average Bonchev–Trinajstić information content (AvgIpc) is 3.67. The molecule has 0 fully saturated rings. The molecule has 0 saturated heterocycles. The van der Waals surface area contributed by atoms with Gasteiger partial charge in [-0.25, -0.2) is 0 Å². The van der Waals surface area contributed by atoms with Crippen LogP contribution in [0.5, 0.6) is 0 Å². The van der Waals surface area contributed by atoms with Gasteiger partial charge in [0.15, 0.2) is 0 Å². The Labute approximate surface area is 418 Å². The third-order valence-electron chi connectivity index (χ3n) is 14.3. The molecule has 11 aromatic carbocycles. The van der Waals surface area contributed by atoms with Crippen molar-refractivity contribution >= 4 is 34.1 Å². The topological polar surface area (TPSA) is 6.48 Å².